The van der Waals surface area contributed by atoms with Crippen molar-refractivity contribution in [2.75, 3.05) is 26.7 Å². The number of carbonyl (C=O) groups excluding carboxylic acids is 2. The Labute approximate surface area is 97.4 Å². The van der Waals surface area contributed by atoms with Crippen molar-refractivity contribution in [1.82, 2.24) is 16.0 Å². The molecule has 0 rings (SSSR count). The van der Waals surface area contributed by atoms with Crippen LogP contribution in [0, 0.1) is 5.92 Å². The minimum atomic E-state index is -0.0660. The van der Waals surface area contributed by atoms with Gasteiger partial charge in [-0.2, -0.15) is 0 Å². The standard InChI is InChI=1S/C11H23N3O2/c1-4-6-13-10(15)5-7-14-11(16)9(2)8-12-3/h9,12H,4-8H2,1-3H3,(H,13,15)(H,14,16). The molecule has 3 N–H and O–H groups in total. The minimum absolute atomic E-state index is 0.0107. The van der Waals surface area contributed by atoms with Gasteiger partial charge in [0, 0.05) is 32.0 Å². The van der Waals surface area contributed by atoms with Gasteiger partial charge in [-0.1, -0.05) is 13.8 Å². The van der Waals surface area contributed by atoms with E-state index in [2.05, 4.69) is 16.0 Å². The molecule has 0 aliphatic carbocycles. The Morgan fingerprint density at radius 3 is 2.44 bits per heavy atom. The molecular formula is C11H23N3O2. The van der Waals surface area contributed by atoms with Gasteiger partial charge in [-0.15, -0.1) is 0 Å². The van der Waals surface area contributed by atoms with Crippen LogP contribution in [0.4, 0.5) is 0 Å². The maximum atomic E-state index is 11.4. The van der Waals surface area contributed by atoms with E-state index in [1.54, 1.807) is 0 Å². The molecule has 0 saturated heterocycles. The molecule has 5 heteroatoms. The molecule has 0 heterocycles. The maximum absolute atomic E-state index is 11.4. The molecule has 0 saturated carbocycles. The van der Waals surface area contributed by atoms with Gasteiger partial charge < -0.3 is 16.0 Å². The van der Waals surface area contributed by atoms with Crippen molar-refractivity contribution < 1.29 is 9.59 Å². The second-order valence-electron chi connectivity index (χ2n) is 3.85. The van der Waals surface area contributed by atoms with E-state index in [0.717, 1.165) is 6.42 Å². The fraction of sp³-hybridized carbons (Fsp3) is 0.818. The van der Waals surface area contributed by atoms with E-state index in [9.17, 15) is 9.59 Å². The second-order valence-corrected chi connectivity index (χ2v) is 3.85. The zero-order chi connectivity index (χ0) is 12.4. The van der Waals surface area contributed by atoms with Gasteiger partial charge in [0.2, 0.25) is 11.8 Å². The first kappa shape index (κ1) is 14.9. The van der Waals surface area contributed by atoms with Gasteiger partial charge in [0.25, 0.3) is 0 Å². The van der Waals surface area contributed by atoms with Crippen LogP contribution < -0.4 is 16.0 Å². The highest BCUT2D eigenvalue weighted by Gasteiger charge is 2.11. The van der Waals surface area contributed by atoms with Crippen LogP contribution in [-0.2, 0) is 9.59 Å². The predicted octanol–water partition coefficient (Wildman–Crippen LogP) is -0.126. The van der Waals surface area contributed by atoms with Gasteiger partial charge in [-0.05, 0) is 13.5 Å². The van der Waals surface area contributed by atoms with Crippen LogP contribution in [0.3, 0.4) is 0 Å². The molecule has 0 spiro atoms. The molecule has 0 fully saturated rings. The van der Waals surface area contributed by atoms with Crippen molar-refractivity contribution in [3.63, 3.8) is 0 Å². The lowest BCUT2D eigenvalue weighted by atomic mass is 10.1. The zero-order valence-electron chi connectivity index (χ0n) is 10.4. The van der Waals surface area contributed by atoms with Gasteiger partial charge in [-0.25, -0.2) is 0 Å². The zero-order valence-corrected chi connectivity index (χ0v) is 10.4. The third-order valence-corrected chi connectivity index (χ3v) is 2.18. The summed E-state index contributed by atoms with van der Waals surface area (Å²) in [6, 6.07) is 0. The predicted molar refractivity (Wildman–Crippen MR) is 64.0 cm³/mol. The minimum Gasteiger partial charge on any atom is -0.356 e. The van der Waals surface area contributed by atoms with Crippen LogP contribution in [0.1, 0.15) is 26.7 Å². The highest BCUT2D eigenvalue weighted by molar-refractivity contribution is 5.80. The average molecular weight is 229 g/mol. The van der Waals surface area contributed by atoms with Crippen molar-refractivity contribution in [1.29, 1.82) is 0 Å². The smallest absolute Gasteiger partial charge is 0.224 e. The van der Waals surface area contributed by atoms with E-state index in [4.69, 9.17) is 0 Å². The summed E-state index contributed by atoms with van der Waals surface area (Å²) in [4.78, 5) is 22.6. The van der Waals surface area contributed by atoms with Crippen molar-refractivity contribution in [3.8, 4) is 0 Å². The molecule has 16 heavy (non-hydrogen) atoms. The lowest BCUT2D eigenvalue weighted by molar-refractivity contribution is -0.124. The Kier molecular flexibility index (Phi) is 8.52. The Bertz CT molecular complexity index is 219. The molecule has 0 bridgehead atoms. The average Bonchev–Trinajstić information content (AvgIpc) is 2.26. The first-order valence-corrected chi connectivity index (χ1v) is 5.80. The first-order chi connectivity index (χ1) is 7.61. The lowest BCUT2D eigenvalue weighted by Crippen LogP contribution is -2.36. The summed E-state index contributed by atoms with van der Waals surface area (Å²) >= 11 is 0. The van der Waals surface area contributed by atoms with Crippen LogP contribution in [0.15, 0.2) is 0 Å². The summed E-state index contributed by atoms with van der Waals surface area (Å²) in [5.41, 5.74) is 0. The monoisotopic (exact) mass is 229 g/mol. The normalized spacial score (nSPS) is 11.9. The molecule has 0 aliphatic heterocycles. The van der Waals surface area contributed by atoms with Crippen LogP contribution in [0.25, 0.3) is 0 Å². The largest absolute Gasteiger partial charge is 0.356 e. The summed E-state index contributed by atoms with van der Waals surface area (Å²) in [6.45, 7) is 5.60. The Morgan fingerprint density at radius 2 is 1.88 bits per heavy atom. The molecule has 0 radical (unpaired) electrons. The van der Waals surface area contributed by atoms with E-state index in [-0.39, 0.29) is 17.7 Å². The van der Waals surface area contributed by atoms with Crippen LogP contribution in [-0.4, -0.2) is 38.5 Å². The van der Waals surface area contributed by atoms with E-state index < -0.39 is 0 Å². The molecule has 1 atom stereocenters. The number of nitrogens with one attached hydrogen (secondary N) is 3. The van der Waals surface area contributed by atoms with Crippen LogP contribution >= 0.6 is 0 Å². The molecule has 2 amide bonds. The molecule has 0 aliphatic rings. The van der Waals surface area contributed by atoms with E-state index in [1.807, 2.05) is 20.9 Å². The fourth-order valence-electron chi connectivity index (χ4n) is 1.23. The SMILES string of the molecule is CCCNC(=O)CCNC(=O)C(C)CNC. The van der Waals surface area contributed by atoms with E-state index in [0.29, 0.717) is 26.1 Å². The van der Waals surface area contributed by atoms with Gasteiger partial charge in [0.05, 0.1) is 0 Å². The molecule has 0 aromatic heterocycles. The quantitative estimate of drug-likeness (QED) is 0.543. The lowest BCUT2D eigenvalue weighted by Gasteiger charge is -2.11. The van der Waals surface area contributed by atoms with Gasteiger partial charge in [-0.3, -0.25) is 9.59 Å². The van der Waals surface area contributed by atoms with Crippen LogP contribution in [0.5, 0.6) is 0 Å². The van der Waals surface area contributed by atoms with Crippen molar-refractivity contribution in [2.24, 2.45) is 5.92 Å². The molecule has 94 valence electrons. The Hall–Kier alpha value is -1.10. The van der Waals surface area contributed by atoms with Crippen molar-refractivity contribution in [2.45, 2.75) is 26.7 Å². The topological polar surface area (TPSA) is 70.2 Å². The van der Waals surface area contributed by atoms with E-state index in [1.165, 1.54) is 0 Å². The van der Waals surface area contributed by atoms with E-state index >= 15 is 0 Å². The number of amides is 2. The van der Waals surface area contributed by atoms with Crippen molar-refractivity contribution in [3.05, 3.63) is 0 Å². The Balaban J connectivity index is 3.57. The van der Waals surface area contributed by atoms with Gasteiger partial charge >= 0.3 is 0 Å². The summed E-state index contributed by atoms with van der Waals surface area (Å²) in [6.07, 6.45) is 1.27. The summed E-state index contributed by atoms with van der Waals surface area (Å²) in [5, 5.41) is 8.43. The molecule has 1 unspecified atom stereocenters. The molecule has 0 aromatic carbocycles. The third kappa shape index (κ3) is 7.23. The summed E-state index contributed by atoms with van der Waals surface area (Å²) in [7, 11) is 1.81. The molecular weight excluding hydrogens is 206 g/mol. The highest BCUT2D eigenvalue weighted by Crippen LogP contribution is 1.91. The maximum Gasteiger partial charge on any atom is 0.224 e. The summed E-state index contributed by atoms with van der Waals surface area (Å²) < 4.78 is 0. The first-order valence-electron chi connectivity index (χ1n) is 5.80. The van der Waals surface area contributed by atoms with Crippen molar-refractivity contribution >= 4 is 11.8 Å². The number of carbonyl (C=O) groups is 2. The number of hydrogen-bond acceptors (Lipinski definition) is 3. The highest BCUT2D eigenvalue weighted by atomic mass is 16.2. The number of rotatable bonds is 8. The molecule has 5 nitrogen and oxygen atoms in total. The fourth-order valence-corrected chi connectivity index (χ4v) is 1.23. The Morgan fingerprint density at radius 1 is 1.19 bits per heavy atom. The van der Waals surface area contributed by atoms with Gasteiger partial charge in [0.1, 0.15) is 0 Å². The summed E-state index contributed by atoms with van der Waals surface area (Å²) in [5.74, 6) is -0.0928. The van der Waals surface area contributed by atoms with Crippen LogP contribution in [0.2, 0.25) is 0 Å². The third-order valence-electron chi connectivity index (χ3n) is 2.18. The molecule has 0 aromatic rings. The number of hydrogen-bond donors (Lipinski definition) is 3. The second kappa shape index (κ2) is 9.15. The van der Waals surface area contributed by atoms with Gasteiger partial charge in [0.15, 0.2) is 0 Å².